The van der Waals surface area contributed by atoms with Gasteiger partial charge in [-0.1, -0.05) is 23.7 Å². The molecule has 2 N–H and O–H groups in total. The molecular weight excluding hydrogens is 300 g/mol. The zero-order valence-corrected chi connectivity index (χ0v) is 13.7. The van der Waals surface area contributed by atoms with E-state index in [0.717, 1.165) is 28.2 Å². The number of nitrogens with one attached hydrogen (secondary N) is 2. The summed E-state index contributed by atoms with van der Waals surface area (Å²) in [6.45, 7) is 5.73. The number of carbonyl (C=O) groups excluding carboxylic acids is 1. The second-order valence-corrected chi connectivity index (χ2v) is 5.59. The fraction of sp³-hybridized carbons (Fsp3) is 0.312. The molecule has 2 aromatic rings. The molecule has 1 amide bonds. The van der Waals surface area contributed by atoms with Crippen molar-refractivity contribution >= 4 is 23.2 Å². The van der Waals surface area contributed by atoms with Gasteiger partial charge in [0.05, 0.1) is 11.4 Å². The van der Waals surface area contributed by atoms with Crippen LogP contribution in [0, 0.1) is 13.8 Å². The topological polar surface area (TPSA) is 70.1 Å². The van der Waals surface area contributed by atoms with Crippen molar-refractivity contribution in [3.63, 3.8) is 0 Å². The number of carbonyl (C=O) groups is 1. The number of hydrogen-bond donors (Lipinski definition) is 2. The average Bonchev–Trinajstić information content (AvgIpc) is 2.82. The zero-order chi connectivity index (χ0) is 16.1. The minimum Gasteiger partial charge on any atom is -0.282 e. The van der Waals surface area contributed by atoms with Gasteiger partial charge in [-0.2, -0.15) is 10.2 Å². The third kappa shape index (κ3) is 4.18. The van der Waals surface area contributed by atoms with Crippen molar-refractivity contribution in [3.8, 4) is 0 Å². The van der Waals surface area contributed by atoms with E-state index < -0.39 is 0 Å². The van der Waals surface area contributed by atoms with Crippen LogP contribution in [0.3, 0.4) is 0 Å². The van der Waals surface area contributed by atoms with E-state index in [1.54, 1.807) is 12.1 Å². The molecule has 5 nitrogen and oxygen atoms in total. The fourth-order valence-corrected chi connectivity index (χ4v) is 2.26. The molecular formula is C16H19ClN4O. The molecule has 0 radical (unpaired) electrons. The van der Waals surface area contributed by atoms with Crippen molar-refractivity contribution in [3.05, 3.63) is 51.8 Å². The second kappa shape index (κ2) is 7.22. The van der Waals surface area contributed by atoms with Gasteiger partial charge in [-0.05, 0) is 50.5 Å². The Morgan fingerprint density at radius 2 is 2.00 bits per heavy atom. The summed E-state index contributed by atoms with van der Waals surface area (Å²) >= 11 is 5.84. The number of H-pyrrole nitrogens is 1. The lowest BCUT2D eigenvalue weighted by Gasteiger charge is -2.04. The largest absolute Gasteiger partial charge is 0.282 e. The highest BCUT2D eigenvalue weighted by molar-refractivity contribution is 6.30. The van der Waals surface area contributed by atoms with E-state index >= 15 is 0 Å². The lowest BCUT2D eigenvalue weighted by molar-refractivity contribution is -0.121. The number of hydrazone groups is 1. The predicted molar refractivity (Wildman–Crippen MR) is 88.2 cm³/mol. The standard InChI is InChI=1S/C16H19ClN4O/c1-10(13-4-6-14(17)7-5-13)18-21-16(22)9-8-15-11(2)19-20-12(15)3/h4-7H,8-9H2,1-3H3,(H,19,20)(H,21,22)/b18-10+. The molecule has 0 atom stereocenters. The van der Waals surface area contributed by atoms with Gasteiger partial charge in [0, 0.05) is 17.1 Å². The number of benzene rings is 1. The predicted octanol–water partition coefficient (Wildman–Crippen LogP) is 3.15. The SMILES string of the molecule is C/C(=N\NC(=O)CCc1c(C)n[nH]c1C)c1ccc(Cl)cc1. The first-order valence-corrected chi connectivity index (χ1v) is 7.44. The van der Waals surface area contributed by atoms with Crippen LogP contribution in [0.2, 0.25) is 5.02 Å². The molecule has 0 bridgehead atoms. The van der Waals surface area contributed by atoms with Crippen molar-refractivity contribution in [2.24, 2.45) is 5.10 Å². The summed E-state index contributed by atoms with van der Waals surface area (Å²) in [7, 11) is 0. The molecule has 0 saturated heterocycles. The first-order chi connectivity index (χ1) is 10.5. The Hall–Kier alpha value is -2.14. The summed E-state index contributed by atoms with van der Waals surface area (Å²) in [5, 5.41) is 11.8. The van der Waals surface area contributed by atoms with Gasteiger partial charge in [0.15, 0.2) is 0 Å². The molecule has 6 heteroatoms. The number of halogens is 1. The van der Waals surface area contributed by atoms with Crippen LogP contribution < -0.4 is 5.43 Å². The Morgan fingerprint density at radius 1 is 1.32 bits per heavy atom. The number of aryl methyl sites for hydroxylation is 2. The number of aromatic nitrogens is 2. The van der Waals surface area contributed by atoms with Crippen LogP contribution >= 0.6 is 11.6 Å². The number of aromatic amines is 1. The molecule has 1 aromatic heterocycles. The van der Waals surface area contributed by atoms with Gasteiger partial charge in [-0.15, -0.1) is 0 Å². The zero-order valence-electron chi connectivity index (χ0n) is 12.9. The monoisotopic (exact) mass is 318 g/mol. The minimum atomic E-state index is -0.117. The van der Waals surface area contributed by atoms with Gasteiger partial charge >= 0.3 is 0 Å². The Labute approximate surface area is 134 Å². The van der Waals surface area contributed by atoms with Crippen LogP contribution in [0.4, 0.5) is 0 Å². The van der Waals surface area contributed by atoms with E-state index in [9.17, 15) is 4.79 Å². The average molecular weight is 319 g/mol. The van der Waals surface area contributed by atoms with Gasteiger partial charge in [-0.25, -0.2) is 5.43 Å². The Morgan fingerprint density at radius 3 is 2.59 bits per heavy atom. The number of hydrogen-bond acceptors (Lipinski definition) is 3. The van der Waals surface area contributed by atoms with Crippen molar-refractivity contribution in [2.75, 3.05) is 0 Å². The lowest BCUT2D eigenvalue weighted by atomic mass is 10.1. The van der Waals surface area contributed by atoms with E-state index in [1.807, 2.05) is 32.9 Å². The number of amides is 1. The molecule has 0 saturated carbocycles. The Bertz CT molecular complexity index is 669. The maximum absolute atomic E-state index is 11.9. The Kier molecular flexibility index (Phi) is 5.33. The molecule has 2 rings (SSSR count). The molecule has 0 fully saturated rings. The van der Waals surface area contributed by atoms with Crippen LogP contribution in [0.15, 0.2) is 29.4 Å². The van der Waals surface area contributed by atoms with Crippen LogP contribution in [-0.2, 0) is 11.2 Å². The summed E-state index contributed by atoms with van der Waals surface area (Å²) in [4.78, 5) is 11.9. The van der Waals surface area contributed by atoms with Crippen LogP contribution in [0.25, 0.3) is 0 Å². The normalized spacial score (nSPS) is 11.5. The molecule has 0 unspecified atom stereocenters. The van der Waals surface area contributed by atoms with Crippen LogP contribution in [-0.4, -0.2) is 21.8 Å². The molecule has 1 aromatic carbocycles. The van der Waals surface area contributed by atoms with E-state index in [0.29, 0.717) is 17.9 Å². The Balaban J connectivity index is 1.89. The summed E-state index contributed by atoms with van der Waals surface area (Å²) in [6.07, 6.45) is 1.02. The van der Waals surface area contributed by atoms with Crippen molar-refractivity contribution < 1.29 is 4.79 Å². The lowest BCUT2D eigenvalue weighted by Crippen LogP contribution is -2.19. The third-order valence-electron chi connectivity index (χ3n) is 3.49. The summed E-state index contributed by atoms with van der Waals surface area (Å²) in [5.74, 6) is -0.117. The summed E-state index contributed by atoms with van der Waals surface area (Å²) in [5.41, 5.74) is 7.27. The number of rotatable bonds is 5. The molecule has 0 spiro atoms. The summed E-state index contributed by atoms with van der Waals surface area (Å²) in [6, 6.07) is 7.32. The summed E-state index contributed by atoms with van der Waals surface area (Å²) < 4.78 is 0. The van der Waals surface area contributed by atoms with Crippen molar-refractivity contribution in [1.82, 2.24) is 15.6 Å². The van der Waals surface area contributed by atoms with E-state index in [-0.39, 0.29) is 5.91 Å². The molecule has 22 heavy (non-hydrogen) atoms. The van der Waals surface area contributed by atoms with Gasteiger partial charge in [0.25, 0.3) is 0 Å². The smallest absolute Gasteiger partial charge is 0.240 e. The molecule has 0 aliphatic carbocycles. The van der Waals surface area contributed by atoms with Crippen LogP contribution in [0.1, 0.15) is 35.9 Å². The molecule has 0 aliphatic rings. The second-order valence-electron chi connectivity index (χ2n) is 5.15. The van der Waals surface area contributed by atoms with Crippen LogP contribution in [0.5, 0.6) is 0 Å². The maximum Gasteiger partial charge on any atom is 0.240 e. The van der Waals surface area contributed by atoms with E-state index in [4.69, 9.17) is 11.6 Å². The van der Waals surface area contributed by atoms with E-state index in [1.165, 1.54) is 0 Å². The highest BCUT2D eigenvalue weighted by atomic mass is 35.5. The molecule has 0 aliphatic heterocycles. The van der Waals surface area contributed by atoms with Gasteiger partial charge in [0.1, 0.15) is 0 Å². The fourth-order valence-electron chi connectivity index (χ4n) is 2.14. The van der Waals surface area contributed by atoms with Gasteiger partial charge in [0.2, 0.25) is 5.91 Å². The van der Waals surface area contributed by atoms with Gasteiger partial charge < -0.3 is 0 Å². The van der Waals surface area contributed by atoms with Crippen molar-refractivity contribution in [2.45, 2.75) is 33.6 Å². The first-order valence-electron chi connectivity index (χ1n) is 7.07. The van der Waals surface area contributed by atoms with Crippen molar-refractivity contribution in [1.29, 1.82) is 0 Å². The third-order valence-corrected chi connectivity index (χ3v) is 3.75. The maximum atomic E-state index is 11.9. The highest BCUT2D eigenvalue weighted by Crippen LogP contribution is 2.12. The first kappa shape index (κ1) is 16.2. The molecule has 1 heterocycles. The quantitative estimate of drug-likeness (QED) is 0.656. The van der Waals surface area contributed by atoms with E-state index in [2.05, 4.69) is 20.7 Å². The molecule has 116 valence electrons. The highest BCUT2D eigenvalue weighted by Gasteiger charge is 2.09. The minimum absolute atomic E-state index is 0.117. The van der Waals surface area contributed by atoms with Gasteiger partial charge in [-0.3, -0.25) is 9.89 Å². The number of nitrogens with zero attached hydrogens (tertiary/aromatic N) is 2.